The van der Waals surface area contributed by atoms with Gasteiger partial charge in [0.1, 0.15) is 11.5 Å². The minimum absolute atomic E-state index is 0.140. The Morgan fingerprint density at radius 1 is 0.958 bits per heavy atom. The largest absolute Gasteiger partial charge is 0.491 e. The minimum atomic E-state index is -0.588. The summed E-state index contributed by atoms with van der Waals surface area (Å²) in [5, 5.41) is 3.49. The molecule has 2 rings (SSSR count). The summed E-state index contributed by atoms with van der Waals surface area (Å²) in [6.07, 6.45) is -0.448. The molecule has 0 heterocycles. The molecule has 128 valence electrons. The van der Waals surface area contributed by atoms with Crippen molar-refractivity contribution >= 4 is 17.5 Å². The first-order valence-electron chi connectivity index (χ1n) is 7.89. The maximum Gasteiger partial charge on any atom is 0.261 e. The van der Waals surface area contributed by atoms with Crippen molar-refractivity contribution < 1.29 is 14.3 Å². The maximum absolute atomic E-state index is 12.1. The topological polar surface area (TPSA) is 47.6 Å². The molecule has 0 unspecified atom stereocenters. The Morgan fingerprint density at radius 3 is 2.08 bits per heavy atom. The summed E-state index contributed by atoms with van der Waals surface area (Å²) in [6, 6.07) is 14.6. The average molecular weight is 348 g/mol. The summed E-state index contributed by atoms with van der Waals surface area (Å²) in [5.74, 6) is 1.25. The number of ether oxygens (including phenoxy) is 2. The Labute approximate surface area is 147 Å². The number of carbonyl (C=O) groups excluding carboxylic acids is 1. The standard InChI is InChI=1S/C19H22ClNO3/c1-13(2)23-17-8-4-15(5-9-17)12-21-19(22)14(3)24-18-10-6-16(20)7-11-18/h4-11,13-14H,12H2,1-3H3,(H,21,22)/t14-/m1/s1. The summed E-state index contributed by atoms with van der Waals surface area (Å²) in [4.78, 5) is 12.1. The van der Waals surface area contributed by atoms with Gasteiger partial charge < -0.3 is 14.8 Å². The molecule has 4 nitrogen and oxygen atoms in total. The fourth-order valence-electron chi connectivity index (χ4n) is 2.06. The first-order valence-corrected chi connectivity index (χ1v) is 8.27. The molecule has 0 saturated carbocycles. The van der Waals surface area contributed by atoms with E-state index < -0.39 is 6.10 Å². The summed E-state index contributed by atoms with van der Waals surface area (Å²) in [5.41, 5.74) is 0.998. The van der Waals surface area contributed by atoms with E-state index in [0.29, 0.717) is 17.3 Å². The highest BCUT2D eigenvalue weighted by Gasteiger charge is 2.14. The molecule has 2 aromatic carbocycles. The smallest absolute Gasteiger partial charge is 0.261 e. The Kier molecular flexibility index (Phi) is 6.50. The SMILES string of the molecule is CC(C)Oc1ccc(CNC(=O)[C@@H](C)Oc2ccc(Cl)cc2)cc1. The number of hydrogen-bond donors (Lipinski definition) is 1. The van der Waals surface area contributed by atoms with Crippen molar-refractivity contribution in [1.82, 2.24) is 5.32 Å². The Hall–Kier alpha value is -2.20. The third-order valence-electron chi connectivity index (χ3n) is 3.26. The zero-order chi connectivity index (χ0) is 17.5. The van der Waals surface area contributed by atoms with Crippen molar-refractivity contribution in [2.24, 2.45) is 0 Å². The monoisotopic (exact) mass is 347 g/mol. The molecular formula is C19H22ClNO3. The maximum atomic E-state index is 12.1. The lowest BCUT2D eigenvalue weighted by Gasteiger charge is -2.15. The minimum Gasteiger partial charge on any atom is -0.491 e. The van der Waals surface area contributed by atoms with E-state index in [1.54, 1.807) is 31.2 Å². The second-order valence-corrected chi connectivity index (χ2v) is 6.18. The van der Waals surface area contributed by atoms with Crippen molar-refractivity contribution in [1.29, 1.82) is 0 Å². The highest BCUT2D eigenvalue weighted by Crippen LogP contribution is 2.17. The summed E-state index contributed by atoms with van der Waals surface area (Å²) in [7, 11) is 0. The van der Waals surface area contributed by atoms with Crippen LogP contribution in [0.3, 0.4) is 0 Å². The highest BCUT2D eigenvalue weighted by atomic mass is 35.5. The molecule has 0 fully saturated rings. The van der Waals surface area contributed by atoms with Gasteiger partial charge in [0, 0.05) is 11.6 Å². The molecule has 0 aliphatic carbocycles. The van der Waals surface area contributed by atoms with Crippen LogP contribution in [0.15, 0.2) is 48.5 Å². The molecular weight excluding hydrogens is 326 g/mol. The van der Waals surface area contributed by atoms with Crippen molar-refractivity contribution in [3.8, 4) is 11.5 Å². The Bertz CT molecular complexity index is 653. The van der Waals surface area contributed by atoms with Crippen LogP contribution in [0.4, 0.5) is 0 Å². The van der Waals surface area contributed by atoms with Crippen LogP contribution in [0.2, 0.25) is 5.02 Å². The van der Waals surface area contributed by atoms with E-state index in [0.717, 1.165) is 11.3 Å². The first kappa shape index (κ1) is 18.1. The number of nitrogens with one attached hydrogen (secondary N) is 1. The Balaban J connectivity index is 1.82. The lowest BCUT2D eigenvalue weighted by atomic mass is 10.2. The molecule has 0 spiro atoms. The van der Waals surface area contributed by atoms with E-state index in [-0.39, 0.29) is 12.0 Å². The second-order valence-electron chi connectivity index (χ2n) is 5.74. The average Bonchev–Trinajstić information content (AvgIpc) is 2.55. The molecule has 0 radical (unpaired) electrons. The normalized spacial score (nSPS) is 11.9. The summed E-state index contributed by atoms with van der Waals surface area (Å²) in [6.45, 7) is 6.12. The number of hydrogen-bond acceptors (Lipinski definition) is 3. The third-order valence-corrected chi connectivity index (χ3v) is 3.51. The van der Waals surface area contributed by atoms with Gasteiger partial charge in [0.2, 0.25) is 0 Å². The van der Waals surface area contributed by atoms with Gasteiger partial charge in [0.15, 0.2) is 6.10 Å². The van der Waals surface area contributed by atoms with E-state index in [1.165, 1.54) is 0 Å². The van der Waals surface area contributed by atoms with Gasteiger partial charge in [-0.15, -0.1) is 0 Å². The van der Waals surface area contributed by atoms with Crippen LogP contribution >= 0.6 is 11.6 Å². The van der Waals surface area contributed by atoms with Crippen LogP contribution in [0.25, 0.3) is 0 Å². The van der Waals surface area contributed by atoms with Crippen LogP contribution in [0, 0.1) is 0 Å². The van der Waals surface area contributed by atoms with Gasteiger partial charge >= 0.3 is 0 Å². The molecule has 0 aromatic heterocycles. The molecule has 1 atom stereocenters. The van der Waals surface area contributed by atoms with Gasteiger partial charge in [-0.25, -0.2) is 0 Å². The fourth-order valence-corrected chi connectivity index (χ4v) is 2.19. The fraction of sp³-hybridized carbons (Fsp3) is 0.316. The zero-order valence-corrected chi connectivity index (χ0v) is 14.8. The third kappa shape index (κ3) is 5.78. The lowest BCUT2D eigenvalue weighted by Crippen LogP contribution is -2.35. The lowest BCUT2D eigenvalue weighted by molar-refractivity contribution is -0.127. The van der Waals surface area contributed by atoms with Crippen LogP contribution in [-0.2, 0) is 11.3 Å². The van der Waals surface area contributed by atoms with Crippen LogP contribution in [0.1, 0.15) is 26.3 Å². The second kappa shape index (κ2) is 8.60. The highest BCUT2D eigenvalue weighted by molar-refractivity contribution is 6.30. The van der Waals surface area contributed by atoms with Gasteiger partial charge in [-0.05, 0) is 62.7 Å². The molecule has 2 aromatic rings. The number of amides is 1. The van der Waals surface area contributed by atoms with Gasteiger partial charge in [0.05, 0.1) is 6.10 Å². The van der Waals surface area contributed by atoms with Crippen LogP contribution < -0.4 is 14.8 Å². The van der Waals surface area contributed by atoms with Crippen molar-refractivity contribution in [2.75, 3.05) is 0 Å². The molecule has 1 N–H and O–H groups in total. The summed E-state index contributed by atoms with van der Waals surface area (Å²) < 4.78 is 11.2. The van der Waals surface area contributed by atoms with E-state index >= 15 is 0 Å². The molecule has 0 saturated heterocycles. The molecule has 0 bridgehead atoms. The summed E-state index contributed by atoms with van der Waals surface area (Å²) >= 11 is 5.82. The van der Waals surface area contributed by atoms with Gasteiger partial charge in [-0.3, -0.25) is 4.79 Å². The molecule has 5 heteroatoms. The zero-order valence-electron chi connectivity index (χ0n) is 14.1. The van der Waals surface area contributed by atoms with Gasteiger partial charge in [-0.2, -0.15) is 0 Å². The molecule has 24 heavy (non-hydrogen) atoms. The number of benzene rings is 2. The quantitative estimate of drug-likeness (QED) is 0.816. The van der Waals surface area contributed by atoms with Crippen LogP contribution in [-0.4, -0.2) is 18.1 Å². The molecule has 0 aliphatic rings. The first-order chi connectivity index (χ1) is 11.4. The Morgan fingerprint density at radius 2 is 1.50 bits per heavy atom. The predicted molar refractivity (Wildman–Crippen MR) is 95.6 cm³/mol. The number of rotatable bonds is 7. The van der Waals surface area contributed by atoms with E-state index in [4.69, 9.17) is 21.1 Å². The molecule has 1 amide bonds. The van der Waals surface area contributed by atoms with Crippen molar-refractivity contribution in [2.45, 2.75) is 39.5 Å². The molecule has 0 aliphatic heterocycles. The van der Waals surface area contributed by atoms with E-state index in [9.17, 15) is 4.79 Å². The van der Waals surface area contributed by atoms with E-state index in [1.807, 2.05) is 38.1 Å². The number of carbonyl (C=O) groups is 1. The van der Waals surface area contributed by atoms with Gasteiger partial charge in [0.25, 0.3) is 5.91 Å². The van der Waals surface area contributed by atoms with Crippen LogP contribution in [0.5, 0.6) is 11.5 Å². The number of halogens is 1. The van der Waals surface area contributed by atoms with Crippen molar-refractivity contribution in [3.63, 3.8) is 0 Å². The predicted octanol–water partition coefficient (Wildman–Crippen LogP) is 4.21. The van der Waals surface area contributed by atoms with Crippen molar-refractivity contribution in [3.05, 3.63) is 59.1 Å². The van der Waals surface area contributed by atoms with E-state index in [2.05, 4.69) is 5.32 Å². The van der Waals surface area contributed by atoms with Gasteiger partial charge in [-0.1, -0.05) is 23.7 Å².